The lowest BCUT2D eigenvalue weighted by Gasteiger charge is -2.38. The molecule has 1 fully saturated rings. The van der Waals surface area contributed by atoms with Crippen LogP contribution in [0.3, 0.4) is 0 Å². The van der Waals surface area contributed by atoms with Gasteiger partial charge in [0.1, 0.15) is 21.4 Å². The first-order valence-electron chi connectivity index (χ1n) is 8.37. The van der Waals surface area contributed by atoms with Crippen molar-refractivity contribution in [3.8, 4) is 5.75 Å². The molecule has 1 atom stereocenters. The molecule has 0 aromatic heterocycles. The average molecular weight is 388 g/mol. The number of sulfone groups is 1. The van der Waals surface area contributed by atoms with Gasteiger partial charge in [0.15, 0.2) is 5.60 Å². The van der Waals surface area contributed by atoms with Crippen LogP contribution in [0.2, 0.25) is 0 Å². The van der Waals surface area contributed by atoms with Gasteiger partial charge in [0.2, 0.25) is 0 Å². The van der Waals surface area contributed by atoms with Gasteiger partial charge in [-0.3, -0.25) is 4.79 Å². The number of carbonyl (C=O) groups is 1. The summed E-state index contributed by atoms with van der Waals surface area (Å²) < 4.78 is 41.4. The van der Waals surface area contributed by atoms with E-state index in [2.05, 4.69) is 5.32 Å². The standard InChI is InChI=1S/C17H25FN2O5S/c1-25-14-4-5-15(18)13(10-14)11-20-8-3-6-17(22,16(20)21)12-19-7-9-26(2,23)24/h4-5,10,19,22H,3,6-9,11-12H2,1-2H3/t17-/m1/s1. The van der Waals surface area contributed by atoms with E-state index < -0.39 is 27.2 Å². The molecular formula is C17H25FN2O5S. The predicted molar refractivity (Wildman–Crippen MR) is 95.1 cm³/mol. The molecule has 1 aliphatic heterocycles. The second-order valence-corrected chi connectivity index (χ2v) is 8.89. The van der Waals surface area contributed by atoms with Gasteiger partial charge < -0.3 is 20.1 Å². The molecule has 2 rings (SSSR count). The topological polar surface area (TPSA) is 95.9 Å². The molecule has 146 valence electrons. The van der Waals surface area contributed by atoms with Crippen LogP contribution >= 0.6 is 0 Å². The van der Waals surface area contributed by atoms with Gasteiger partial charge in [-0.25, -0.2) is 12.8 Å². The van der Waals surface area contributed by atoms with Gasteiger partial charge in [0, 0.05) is 38.0 Å². The summed E-state index contributed by atoms with van der Waals surface area (Å²) in [7, 11) is -1.64. The summed E-state index contributed by atoms with van der Waals surface area (Å²) in [5.41, 5.74) is -1.31. The molecule has 1 amide bonds. The molecule has 0 spiro atoms. The van der Waals surface area contributed by atoms with Crippen LogP contribution in [0.25, 0.3) is 0 Å². The maximum atomic E-state index is 14.0. The molecule has 1 aromatic rings. The molecule has 9 heteroatoms. The molecule has 7 nitrogen and oxygen atoms in total. The van der Waals surface area contributed by atoms with E-state index in [1.165, 1.54) is 30.2 Å². The Bertz CT molecular complexity index is 756. The summed E-state index contributed by atoms with van der Waals surface area (Å²) in [6, 6.07) is 4.31. The molecule has 1 heterocycles. The third kappa shape index (κ3) is 5.39. The van der Waals surface area contributed by atoms with Crippen molar-refractivity contribution in [1.82, 2.24) is 10.2 Å². The molecule has 1 aliphatic rings. The SMILES string of the molecule is COc1ccc(F)c(CN2CCC[C@@](O)(CNCCS(C)(=O)=O)C2=O)c1. The number of amides is 1. The van der Waals surface area contributed by atoms with E-state index in [0.29, 0.717) is 24.3 Å². The van der Waals surface area contributed by atoms with E-state index in [4.69, 9.17) is 4.74 Å². The third-order valence-electron chi connectivity index (χ3n) is 4.38. The second kappa shape index (κ2) is 8.32. The van der Waals surface area contributed by atoms with Gasteiger partial charge in [-0.2, -0.15) is 0 Å². The van der Waals surface area contributed by atoms with Gasteiger partial charge in [-0.05, 0) is 31.0 Å². The van der Waals surface area contributed by atoms with Crippen LogP contribution < -0.4 is 10.1 Å². The van der Waals surface area contributed by atoms with Crippen LogP contribution in [0.4, 0.5) is 4.39 Å². The van der Waals surface area contributed by atoms with Crippen molar-refractivity contribution in [2.45, 2.75) is 25.0 Å². The van der Waals surface area contributed by atoms with Crippen molar-refractivity contribution in [3.63, 3.8) is 0 Å². The van der Waals surface area contributed by atoms with Crippen molar-refractivity contribution in [2.24, 2.45) is 0 Å². The Labute approximate surface area is 153 Å². The largest absolute Gasteiger partial charge is 0.497 e. The van der Waals surface area contributed by atoms with Crippen molar-refractivity contribution in [2.75, 3.05) is 38.8 Å². The van der Waals surface area contributed by atoms with Crippen LogP contribution in [-0.4, -0.2) is 68.7 Å². The Hall–Kier alpha value is -1.71. The number of piperidine rings is 1. The van der Waals surface area contributed by atoms with Crippen molar-refractivity contribution in [1.29, 1.82) is 0 Å². The van der Waals surface area contributed by atoms with Crippen LogP contribution in [-0.2, 0) is 21.2 Å². The van der Waals surface area contributed by atoms with Gasteiger partial charge in [0.25, 0.3) is 5.91 Å². The summed E-state index contributed by atoms with van der Waals surface area (Å²) in [6.07, 6.45) is 1.97. The summed E-state index contributed by atoms with van der Waals surface area (Å²) >= 11 is 0. The maximum absolute atomic E-state index is 14.0. The van der Waals surface area contributed by atoms with E-state index in [0.717, 1.165) is 6.26 Å². The minimum absolute atomic E-state index is 0.0352. The van der Waals surface area contributed by atoms with Crippen LogP contribution in [0, 0.1) is 5.82 Å². The van der Waals surface area contributed by atoms with Crippen molar-refractivity contribution in [3.05, 3.63) is 29.6 Å². The van der Waals surface area contributed by atoms with Gasteiger partial charge >= 0.3 is 0 Å². The molecule has 2 N–H and O–H groups in total. The Morgan fingerprint density at radius 2 is 2.15 bits per heavy atom. The zero-order chi connectivity index (χ0) is 19.4. The van der Waals surface area contributed by atoms with E-state index in [9.17, 15) is 22.7 Å². The predicted octanol–water partition coefficient (Wildman–Crippen LogP) is 0.322. The highest BCUT2D eigenvalue weighted by molar-refractivity contribution is 7.90. The number of nitrogens with one attached hydrogen (secondary N) is 1. The normalized spacial score (nSPS) is 21.1. The lowest BCUT2D eigenvalue weighted by Crippen LogP contribution is -2.58. The smallest absolute Gasteiger partial charge is 0.256 e. The lowest BCUT2D eigenvalue weighted by atomic mass is 9.91. The number of halogens is 1. The zero-order valence-corrected chi connectivity index (χ0v) is 15.8. The minimum atomic E-state index is -3.12. The van der Waals surface area contributed by atoms with Crippen LogP contribution in [0.1, 0.15) is 18.4 Å². The van der Waals surface area contributed by atoms with Gasteiger partial charge in [-0.15, -0.1) is 0 Å². The Balaban J connectivity index is 2.02. The molecule has 1 aromatic carbocycles. The number of hydrogen-bond acceptors (Lipinski definition) is 6. The highest BCUT2D eigenvalue weighted by atomic mass is 32.2. The zero-order valence-electron chi connectivity index (χ0n) is 15.0. The van der Waals surface area contributed by atoms with Gasteiger partial charge in [0.05, 0.1) is 12.9 Å². The molecule has 0 bridgehead atoms. The van der Waals surface area contributed by atoms with E-state index in [-0.39, 0.29) is 31.8 Å². The van der Waals surface area contributed by atoms with E-state index >= 15 is 0 Å². The molecule has 0 radical (unpaired) electrons. The number of likely N-dealkylation sites (tertiary alicyclic amines) is 1. The quantitative estimate of drug-likeness (QED) is 0.623. The molecule has 0 aliphatic carbocycles. The van der Waals surface area contributed by atoms with E-state index in [1.54, 1.807) is 0 Å². The first-order chi connectivity index (χ1) is 12.1. The minimum Gasteiger partial charge on any atom is -0.497 e. The van der Waals surface area contributed by atoms with E-state index in [1.807, 2.05) is 0 Å². The average Bonchev–Trinajstić information content (AvgIpc) is 2.57. The molecular weight excluding hydrogens is 363 g/mol. The number of nitrogens with zero attached hydrogens (tertiary/aromatic N) is 1. The van der Waals surface area contributed by atoms with Crippen molar-refractivity contribution < 1.29 is 27.4 Å². The van der Waals surface area contributed by atoms with Crippen molar-refractivity contribution >= 4 is 15.7 Å². The number of benzene rings is 1. The summed E-state index contributed by atoms with van der Waals surface area (Å²) in [6.45, 7) is 0.562. The Morgan fingerprint density at radius 1 is 1.42 bits per heavy atom. The molecule has 26 heavy (non-hydrogen) atoms. The second-order valence-electron chi connectivity index (χ2n) is 6.63. The number of carbonyl (C=O) groups excluding carboxylic acids is 1. The number of ether oxygens (including phenoxy) is 1. The summed E-state index contributed by atoms with van der Waals surface area (Å²) in [5.74, 6) is -0.518. The highest BCUT2D eigenvalue weighted by Crippen LogP contribution is 2.25. The summed E-state index contributed by atoms with van der Waals surface area (Å²) in [4.78, 5) is 14.1. The summed E-state index contributed by atoms with van der Waals surface area (Å²) in [5, 5.41) is 13.5. The molecule has 0 saturated carbocycles. The number of rotatable bonds is 8. The van der Waals surface area contributed by atoms with Gasteiger partial charge in [-0.1, -0.05) is 0 Å². The fourth-order valence-corrected chi connectivity index (χ4v) is 3.45. The lowest BCUT2D eigenvalue weighted by molar-refractivity contribution is -0.157. The van der Waals surface area contributed by atoms with Crippen LogP contribution in [0.5, 0.6) is 5.75 Å². The fourth-order valence-electron chi connectivity index (χ4n) is 2.94. The van der Waals surface area contributed by atoms with Crippen LogP contribution in [0.15, 0.2) is 18.2 Å². The number of aliphatic hydroxyl groups is 1. The Kier molecular flexibility index (Phi) is 6.59. The third-order valence-corrected chi connectivity index (χ3v) is 5.33. The number of methoxy groups -OCH3 is 1. The fraction of sp³-hybridized carbons (Fsp3) is 0.588. The maximum Gasteiger partial charge on any atom is 0.256 e. The first kappa shape index (κ1) is 20.6. The number of hydrogen-bond donors (Lipinski definition) is 2. The highest BCUT2D eigenvalue weighted by Gasteiger charge is 2.41. The molecule has 1 saturated heterocycles. The molecule has 0 unspecified atom stereocenters. The monoisotopic (exact) mass is 388 g/mol. The first-order valence-corrected chi connectivity index (χ1v) is 10.4. The Morgan fingerprint density at radius 3 is 2.81 bits per heavy atom.